The van der Waals surface area contributed by atoms with Crippen molar-refractivity contribution in [2.45, 2.75) is 20.8 Å². The van der Waals surface area contributed by atoms with E-state index in [2.05, 4.69) is 6.58 Å². The molecule has 1 fully saturated rings. The maximum atomic E-state index is 12.9. The van der Waals surface area contributed by atoms with Crippen LogP contribution in [0.5, 0.6) is 0 Å². The summed E-state index contributed by atoms with van der Waals surface area (Å²) in [5.74, 6) is -2.33. The third kappa shape index (κ3) is 3.05. The lowest BCUT2D eigenvalue weighted by Gasteiger charge is -2.14. The molecule has 0 atom stereocenters. The lowest BCUT2D eigenvalue weighted by atomic mass is 10.1. The molecule has 1 aromatic carbocycles. The number of hydrogen-bond acceptors (Lipinski definition) is 4. The number of amides is 4. The molecule has 0 radical (unpaired) electrons. The van der Waals surface area contributed by atoms with Crippen molar-refractivity contribution >= 4 is 23.6 Å². The average molecular weight is 379 g/mol. The van der Waals surface area contributed by atoms with Gasteiger partial charge in [0.1, 0.15) is 0 Å². The van der Waals surface area contributed by atoms with Gasteiger partial charge in [0.2, 0.25) is 0 Å². The highest BCUT2D eigenvalue weighted by molar-refractivity contribution is 6.45. The molecule has 144 valence electrons. The Balaban J connectivity index is 1.91. The predicted octanol–water partition coefficient (Wildman–Crippen LogP) is 2.56. The molecule has 0 bridgehead atoms. The Morgan fingerprint density at radius 3 is 2.32 bits per heavy atom. The molecule has 0 aliphatic carbocycles. The van der Waals surface area contributed by atoms with Crippen LogP contribution in [0.1, 0.15) is 27.3 Å². The summed E-state index contributed by atoms with van der Waals surface area (Å²) in [6.07, 6.45) is 1.35. The van der Waals surface area contributed by atoms with Crippen LogP contribution in [0, 0.1) is 20.8 Å². The molecule has 0 unspecified atom stereocenters. The SMILES string of the molecule is C=CCN1C(=O)C(=O)N(CC(=O)c2cc(C)n(-c3ccccc3C)c2C)C1=O. The predicted molar refractivity (Wildman–Crippen MR) is 103 cm³/mol. The first-order valence-corrected chi connectivity index (χ1v) is 8.84. The number of aromatic nitrogens is 1. The van der Waals surface area contributed by atoms with Gasteiger partial charge in [0.25, 0.3) is 0 Å². The molecule has 1 aliphatic rings. The van der Waals surface area contributed by atoms with Gasteiger partial charge in [0, 0.05) is 29.2 Å². The van der Waals surface area contributed by atoms with E-state index in [9.17, 15) is 19.2 Å². The minimum Gasteiger partial charge on any atom is -0.317 e. The zero-order chi connectivity index (χ0) is 20.6. The number of Topliss-reactive ketones (excluding diaryl/α,β-unsaturated/α-hetero) is 1. The first kappa shape index (κ1) is 19.3. The molecule has 4 amide bonds. The van der Waals surface area contributed by atoms with Crippen molar-refractivity contribution in [2.75, 3.05) is 13.1 Å². The summed E-state index contributed by atoms with van der Waals surface area (Å²) < 4.78 is 1.96. The van der Waals surface area contributed by atoms with Crippen molar-refractivity contribution in [1.82, 2.24) is 14.4 Å². The van der Waals surface area contributed by atoms with Crippen molar-refractivity contribution in [3.05, 3.63) is 65.5 Å². The van der Waals surface area contributed by atoms with Gasteiger partial charge < -0.3 is 4.57 Å². The van der Waals surface area contributed by atoms with Gasteiger partial charge in [0.05, 0.1) is 6.54 Å². The summed E-state index contributed by atoms with van der Waals surface area (Å²) in [7, 11) is 0. The second-order valence-corrected chi connectivity index (χ2v) is 6.71. The quantitative estimate of drug-likeness (QED) is 0.334. The molecule has 1 aromatic heterocycles. The Hall–Kier alpha value is -3.48. The van der Waals surface area contributed by atoms with Gasteiger partial charge in [-0.25, -0.2) is 9.69 Å². The molecule has 7 heteroatoms. The van der Waals surface area contributed by atoms with E-state index in [0.717, 1.165) is 21.8 Å². The molecule has 7 nitrogen and oxygen atoms in total. The number of para-hydroxylation sites is 1. The van der Waals surface area contributed by atoms with E-state index in [4.69, 9.17) is 0 Å². The Morgan fingerprint density at radius 2 is 1.68 bits per heavy atom. The van der Waals surface area contributed by atoms with Crippen LogP contribution in [0.4, 0.5) is 4.79 Å². The Bertz CT molecular complexity index is 1020. The van der Waals surface area contributed by atoms with Crippen LogP contribution < -0.4 is 0 Å². The van der Waals surface area contributed by atoms with Crippen LogP contribution in [0.25, 0.3) is 5.69 Å². The van der Waals surface area contributed by atoms with Crippen molar-refractivity contribution in [3.8, 4) is 5.69 Å². The number of aryl methyl sites for hydroxylation is 2. The molecule has 28 heavy (non-hydrogen) atoms. The van der Waals surface area contributed by atoms with E-state index in [0.29, 0.717) is 16.2 Å². The topological polar surface area (TPSA) is 79.7 Å². The highest BCUT2D eigenvalue weighted by atomic mass is 16.2. The van der Waals surface area contributed by atoms with Crippen LogP contribution in [0.15, 0.2) is 43.0 Å². The third-order valence-corrected chi connectivity index (χ3v) is 4.84. The van der Waals surface area contributed by atoms with E-state index in [1.807, 2.05) is 49.6 Å². The second-order valence-electron chi connectivity index (χ2n) is 6.71. The highest BCUT2D eigenvalue weighted by Gasteiger charge is 2.44. The normalized spacial score (nSPS) is 14.2. The van der Waals surface area contributed by atoms with Gasteiger partial charge in [0.15, 0.2) is 5.78 Å². The van der Waals surface area contributed by atoms with E-state index in [1.165, 1.54) is 6.08 Å². The number of carbonyl (C=O) groups excluding carboxylic acids is 4. The van der Waals surface area contributed by atoms with Crippen LogP contribution in [-0.4, -0.2) is 51.1 Å². The molecule has 2 aromatic rings. The number of hydrogen-bond donors (Lipinski definition) is 0. The van der Waals surface area contributed by atoms with Gasteiger partial charge in [-0.05, 0) is 38.5 Å². The fraction of sp³-hybridized carbons (Fsp3) is 0.238. The second kappa shape index (κ2) is 7.26. The van der Waals surface area contributed by atoms with Crippen molar-refractivity contribution in [2.24, 2.45) is 0 Å². The fourth-order valence-electron chi connectivity index (χ4n) is 3.44. The summed E-state index contributed by atoms with van der Waals surface area (Å²) in [6, 6.07) is 8.74. The third-order valence-electron chi connectivity index (χ3n) is 4.84. The smallest absolute Gasteiger partial charge is 0.317 e. The first-order valence-electron chi connectivity index (χ1n) is 8.84. The summed E-state index contributed by atoms with van der Waals surface area (Å²) in [5.41, 5.74) is 4.00. The summed E-state index contributed by atoms with van der Waals surface area (Å²) in [6.45, 7) is 8.60. The maximum Gasteiger partial charge on any atom is 0.334 e. The minimum absolute atomic E-state index is 0.0735. The number of benzene rings is 1. The number of urea groups is 1. The molecular formula is C21H21N3O4. The molecular weight excluding hydrogens is 358 g/mol. The zero-order valence-electron chi connectivity index (χ0n) is 16.1. The van der Waals surface area contributed by atoms with E-state index in [-0.39, 0.29) is 6.54 Å². The summed E-state index contributed by atoms with van der Waals surface area (Å²) in [5, 5.41) is 0. The van der Waals surface area contributed by atoms with E-state index >= 15 is 0 Å². The molecule has 0 saturated carbocycles. The van der Waals surface area contributed by atoms with Crippen LogP contribution in [0.3, 0.4) is 0 Å². The van der Waals surface area contributed by atoms with Crippen LogP contribution >= 0.6 is 0 Å². The van der Waals surface area contributed by atoms with Gasteiger partial charge in [-0.15, -0.1) is 6.58 Å². The molecule has 1 saturated heterocycles. The summed E-state index contributed by atoms with van der Waals surface area (Å²) >= 11 is 0. The summed E-state index contributed by atoms with van der Waals surface area (Å²) in [4.78, 5) is 50.7. The monoisotopic (exact) mass is 379 g/mol. The van der Waals surface area contributed by atoms with Crippen LogP contribution in [-0.2, 0) is 9.59 Å². The molecule has 2 heterocycles. The number of carbonyl (C=O) groups is 4. The van der Waals surface area contributed by atoms with Crippen LogP contribution in [0.2, 0.25) is 0 Å². The Morgan fingerprint density at radius 1 is 1.04 bits per heavy atom. The lowest BCUT2D eigenvalue weighted by Crippen LogP contribution is -2.37. The Labute approximate surface area is 162 Å². The lowest BCUT2D eigenvalue weighted by molar-refractivity contribution is -0.142. The minimum atomic E-state index is -0.993. The van der Waals surface area contributed by atoms with Gasteiger partial charge in [-0.1, -0.05) is 24.3 Å². The molecule has 3 rings (SSSR count). The van der Waals surface area contributed by atoms with E-state index < -0.39 is 30.2 Å². The van der Waals surface area contributed by atoms with Crippen molar-refractivity contribution in [3.63, 3.8) is 0 Å². The first-order chi connectivity index (χ1) is 13.3. The fourth-order valence-corrected chi connectivity index (χ4v) is 3.44. The average Bonchev–Trinajstić information content (AvgIpc) is 3.06. The standard InChI is InChI=1S/C21H21N3O4/c1-5-10-22-19(26)20(27)23(21(22)28)12-18(25)16-11-14(3)24(15(16)4)17-9-7-6-8-13(17)2/h5-9,11H,1,10,12H2,2-4H3. The van der Waals surface area contributed by atoms with Gasteiger partial charge in [-0.2, -0.15) is 0 Å². The largest absolute Gasteiger partial charge is 0.334 e. The number of rotatable bonds is 6. The molecule has 1 aliphatic heterocycles. The van der Waals surface area contributed by atoms with Crippen molar-refractivity contribution < 1.29 is 19.2 Å². The maximum absolute atomic E-state index is 12.9. The van der Waals surface area contributed by atoms with Gasteiger partial charge >= 0.3 is 17.8 Å². The number of imide groups is 2. The number of ketones is 1. The van der Waals surface area contributed by atoms with Crippen molar-refractivity contribution in [1.29, 1.82) is 0 Å². The number of nitrogens with zero attached hydrogens (tertiary/aromatic N) is 3. The molecule has 0 spiro atoms. The highest BCUT2D eigenvalue weighted by Crippen LogP contribution is 2.24. The van der Waals surface area contributed by atoms with Gasteiger partial charge in [-0.3, -0.25) is 19.3 Å². The zero-order valence-corrected chi connectivity index (χ0v) is 16.1. The van der Waals surface area contributed by atoms with E-state index in [1.54, 1.807) is 6.07 Å². The molecule has 0 N–H and O–H groups in total. The Kier molecular flexibility index (Phi) is 5.00.